The van der Waals surface area contributed by atoms with Crippen LogP contribution in [0.25, 0.3) is 0 Å². The Labute approximate surface area is 134 Å². The van der Waals surface area contributed by atoms with Crippen molar-refractivity contribution in [2.75, 3.05) is 31.1 Å². The average Bonchev–Trinajstić information content (AvgIpc) is 2.95. The van der Waals surface area contributed by atoms with Gasteiger partial charge in [-0.2, -0.15) is 0 Å². The van der Waals surface area contributed by atoms with Crippen molar-refractivity contribution in [3.05, 3.63) is 28.8 Å². The molecule has 3 rings (SSSR count). The molecule has 22 heavy (non-hydrogen) atoms. The van der Waals surface area contributed by atoms with Crippen LogP contribution in [0.2, 0.25) is 5.02 Å². The summed E-state index contributed by atoms with van der Waals surface area (Å²) in [5.74, 6) is -0.194. The molecule has 3 amide bonds. The van der Waals surface area contributed by atoms with Crippen molar-refractivity contribution in [2.45, 2.75) is 18.9 Å². The van der Waals surface area contributed by atoms with Gasteiger partial charge in [-0.3, -0.25) is 9.69 Å². The second-order valence-corrected chi connectivity index (χ2v) is 5.97. The van der Waals surface area contributed by atoms with Crippen molar-refractivity contribution >= 4 is 29.2 Å². The maximum absolute atomic E-state index is 12.4. The summed E-state index contributed by atoms with van der Waals surface area (Å²) in [4.78, 5) is 25.8. The largest absolute Gasteiger partial charge is 0.348 e. The van der Waals surface area contributed by atoms with Gasteiger partial charge in [0, 0.05) is 31.4 Å². The Hall–Kier alpha value is -1.79. The molecule has 2 saturated heterocycles. The molecule has 0 aliphatic carbocycles. The summed E-state index contributed by atoms with van der Waals surface area (Å²) in [7, 11) is 0. The van der Waals surface area contributed by atoms with Crippen molar-refractivity contribution in [3.63, 3.8) is 0 Å². The van der Waals surface area contributed by atoms with Gasteiger partial charge in [0.2, 0.25) is 0 Å². The lowest BCUT2D eigenvalue weighted by molar-refractivity contribution is 0.0931. The number of nitrogens with zero attached hydrogens (tertiary/aromatic N) is 1. The Bertz CT molecular complexity index is 587. The quantitative estimate of drug-likeness (QED) is 0.786. The van der Waals surface area contributed by atoms with Crippen LogP contribution in [0.3, 0.4) is 0 Å². The van der Waals surface area contributed by atoms with E-state index in [4.69, 9.17) is 11.6 Å². The molecule has 3 N–H and O–H groups in total. The molecule has 2 aliphatic heterocycles. The number of hydrogen-bond donors (Lipinski definition) is 3. The molecular weight excluding hydrogens is 304 g/mol. The highest BCUT2D eigenvalue weighted by atomic mass is 35.5. The molecule has 0 bridgehead atoms. The number of nitrogens with one attached hydrogen (secondary N) is 3. The van der Waals surface area contributed by atoms with Crippen LogP contribution in [0, 0.1) is 0 Å². The lowest BCUT2D eigenvalue weighted by Gasteiger charge is -2.24. The maximum Gasteiger partial charge on any atom is 0.321 e. The molecule has 7 heteroatoms. The minimum absolute atomic E-state index is 0.121. The zero-order chi connectivity index (χ0) is 15.5. The van der Waals surface area contributed by atoms with E-state index < -0.39 is 0 Å². The van der Waals surface area contributed by atoms with Crippen LogP contribution in [-0.2, 0) is 0 Å². The number of benzene rings is 1. The van der Waals surface area contributed by atoms with Crippen LogP contribution in [0.1, 0.15) is 23.2 Å². The summed E-state index contributed by atoms with van der Waals surface area (Å²) in [6.07, 6.45) is 2.01. The molecule has 1 atom stereocenters. The molecule has 0 aromatic heterocycles. The monoisotopic (exact) mass is 322 g/mol. The summed E-state index contributed by atoms with van der Waals surface area (Å²) in [6.45, 7) is 2.97. The Kier molecular flexibility index (Phi) is 4.49. The van der Waals surface area contributed by atoms with Gasteiger partial charge in [-0.15, -0.1) is 0 Å². The number of carbonyl (C=O) groups is 2. The SMILES string of the molecule is O=C(N[C@H]1CCCNC1)c1cc(N2CCNC2=O)ccc1Cl. The summed E-state index contributed by atoms with van der Waals surface area (Å²) >= 11 is 6.16. The predicted octanol–water partition coefficient (Wildman–Crippen LogP) is 1.35. The fraction of sp³-hybridized carbons (Fsp3) is 0.467. The van der Waals surface area contributed by atoms with Gasteiger partial charge >= 0.3 is 6.03 Å². The first kappa shape index (κ1) is 15.1. The summed E-state index contributed by atoms with van der Waals surface area (Å²) in [5.41, 5.74) is 1.09. The van der Waals surface area contributed by atoms with E-state index >= 15 is 0 Å². The van der Waals surface area contributed by atoms with Gasteiger partial charge in [0.1, 0.15) is 0 Å². The number of rotatable bonds is 3. The van der Waals surface area contributed by atoms with E-state index in [0.29, 0.717) is 29.4 Å². The van der Waals surface area contributed by atoms with Crippen LogP contribution in [0.15, 0.2) is 18.2 Å². The van der Waals surface area contributed by atoms with Gasteiger partial charge in [0.15, 0.2) is 0 Å². The van der Waals surface area contributed by atoms with Crippen LogP contribution in [-0.4, -0.2) is 44.2 Å². The van der Waals surface area contributed by atoms with Crippen molar-refractivity contribution in [3.8, 4) is 0 Å². The van der Waals surface area contributed by atoms with Crippen molar-refractivity contribution in [1.29, 1.82) is 0 Å². The number of amides is 3. The third-order valence-corrected chi connectivity index (χ3v) is 4.32. The van der Waals surface area contributed by atoms with Crippen molar-refractivity contribution < 1.29 is 9.59 Å². The highest BCUT2D eigenvalue weighted by Gasteiger charge is 2.24. The van der Waals surface area contributed by atoms with Crippen LogP contribution in [0.4, 0.5) is 10.5 Å². The first-order valence-corrected chi connectivity index (χ1v) is 7.89. The fourth-order valence-electron chi connectivity index (χ4n) is 2.81. The van der Waals surface area contributed by atoms with Gasteiger partial charge in [-0.1, -0.05) is 11.6 Å². The Balaban J connectivity index is 1.76. The summed E-state index contributed by atoms with van der Waals surface area (Å²) in [6, 6.07) is 5.07. The molecule has 0 spiro atoms. The molecule has 0 saturated carbocycles. The van der Waals surface area contributed by atoms with E-state index in [0.717, 1.165) is 25.9 Å². The van der Waals surface area contributed by atoms with E-state index in [1.54, 1.807) is 23.1 Å². The molecule has 0 radical (unpaired) electrons. The fourth-order valence-corrected chi connectivity index (χ4v) is 3.01. The Morgan fingerprint density at radius 1 is 1.36 bits per heavy atom. The number of carbonyl (C=O) groups excluding carboxylic acids is 2. The van der Waals surface area contributed by atoms with E-state index in [9.17, 15) is 9.59 Å². The molecule has 2 heterocycles. The number of anilines is 1. The van der Waals surface area contributed by atoms with Crippen molar-refractivity contribution in [1.82, 2.24) is 16.0 Å². The number of piperidine rings is 1. The Morgan fingerprint density at radius 2 is 2.23 bits per heavy atom. The number of urea groups is 1. The third-order valence-electron chi connectivity index (χ3n) is 4.00. The van der Waals surface area contributed by atoms with Crippen LogP contribution in [0.5, 0.6) is 0 Å². The Morgan fingerprint density at radius 3 is 2.91 bits per heavy atom. The molecule has 0 unspecified atom stereocenters. The third kappa shape index (κ3) is 3.18. The normalized spacial score (nSPS) is 21.6. The van der Waals surface area contributed by atoms with Crippen molar-refractivity contribution in [2.24, 2.45) is 0 Å². The van der Waals surface area contributed by atoms with Crippen LogP contribution >= 0.6 is 11.6 Å². The lowest BCUT2D eigenvalue weighted by Crippen LogP contribution is -2.45. The molecule has 1 aromatic rings. The molecule has 118 valence electrons. The van der Waals surface area contributed by atoms with Gasteiger partial charge in [-0.05, 0) is 37.6 Å². The highest BCUT2D eigenvalue weighted by Crippen LogP contribution is 2.24. The first-order chi connectivity index (χ1) is 10.6. The molecule has 2 aliphatic rings. The van der Waals surface area contributed by atoms with E-state index in [1.165, 1.54) is 0 Å². The summed E-state index contributed by atoms with van der Waals surface area (Å²) in [5, 5.41) is 9.39. The second-order valence-electron chi connectivity index (χ2n) is 5.56. The molecule has 6 nitrogen and oxygen atoms in total. The van der Waals surface area contributed by atoms with Crippen LogP contribution < -0.4 is 20.9 Å². The zero-order valence-corrected chi connectivity index (χ0v) is 12.9. The van der Waals surface area contributed by atoms with Gasteiger partial charge in [-0.25, -0.2) is 4.79 Å². The minimum atomic E-state index is -0.194. The first-order valence-electron chi connectivity index (χ1n) is 7.51. The van der Waals surface area contributed by atoms with E-state index in [-0.39, 0.29) is 18.0 Å². The van der Waals surface area contributed by atoms with E-state index in [2.05, 4.69) is 16.0 Å². The zero-order valence-electron chi connectivity index (χ0n) is 12.2. The number of halogens is 1. The van der Waals surface area contributed by atoms with Gasteiger partial charge < -0.3 is 16.0 Å². The lowest BCUT2D eigenvalue weighted by atomic mass is 10.1. The standard InChI is InChI=1S/C15H19ClN4O2/c16-13-4-3-11(20-7-6-18-15(20)22)8-12(13)14(21)19-10-2-1-5-17-9-10/h3-4,8,10,17H,1-2,5-7,9H2,(H,18,22)(H,19,21)/t10-/m0/s1. The highest BCUT2D eigenvalue weighted by molar-refractivity contribution is 6.34. The molecular formula is C15H19ClN4O2. The van der Waals surface area contributed by atoms with E-state index in [1.807, 2.05) is 0 Å². The van der Waals surface area contributed by atoms with Gasteiger partial charge in [0.25, 0.3) is 5.91 Å². The smallest absolute Gasteiger partial charge is 0.321 e. The molecule has 1 aromatic carbocycles. The molecule has 2 fully saturated rings. The predicted molar refractivity (Wildman–Crippen MR) is 85.6 cm³/mol. The maximum atomic E-state index is 12.4. The van der Waals surface area contributed by atoms with Gasteiger partial charge in [0.05, 0.1) is 10.6 Å². The average molecular weight is 323 g/mol. The minimum Gasteiger partial charge on any atom is -0.348 e. The topological polar surface area (TPSA) is 73.5 Å². The summed E-state index contributed by atoms with van der Waals surface area (Å²) < 4.78 is 0. The number of hydrogen-bond acceptors (Lipinski definition) is 3. The second kappa shape index (κ2) is 6.54.